The number of carbonyl (C=O) groups is 2. The van der Waals surface area contributed by atoms with Crippen molar-refractivity contribution in [2.24, 2.45) is 5.41 Å². The lowest BCUT2D eigenvalue weighted by molar-refractivity contribution is -0.128. The van der Waals surface area contributed by atoms with Gasteiger partial charge in [0.05, 0.1) is 5.41 Å². The number of nitrogens with one attached hydrogen (secondary N) is 2. The molecular weight excluding hydrogens is 266 g/mol. The van der Waals surface area contributed by atoms with Crippen LogP contribution in [-0.4, -0.2) is 42.9 Å². The minimum atomic E-state index is -0.383. The normalized spacial score (nSPS) is 28.8. The van der Waals surface area contributed by atoms with Crippen LogP contribution in [0.2, 0.25) is 0 Å². The lowest BCUT2D eigenvalue weighted by Crippen LogP contribution is -2.40. The number of hydrogen-bond donors (Lipinski definition) is 2. The summed E-state index contributed by atoms with van der Waals surface area (Å²) in [5.74, 6) is -0.0617. The lowest BCUT2D eigenvalue weighted by Gasteiger charge is -2.21. The summed E-state index contributed by atoms with van der Waals surface area (Å²) < 4.78 is 0. The first-order valence-corrected chi connectivity index (χ1v) is 7.42. The number of nitrogens with zero attached hydrogens (tertiary/aromatic N) is 1. The molecule has 2 atom stereocenters. The zero-order chi connectivity index (χ0) is 14.9. The fraction of sp³-hybridized carbons (Fsp3) is 0.500. The van der Waals surface area contributed by atoms with E-state index in [9.17, 15) is 9.59 Å². The van der Waals surface area contributed by atoms with Gasteiger partial charge in [0, 0.05) is 20.1 Å². The molecule has 2 amide bonds. The molecule has 5 heteroatoms. The molecule has 5 nitrogen and oxygen atoms in total. The van der Waals surface area contributed by atoms with E-state index in [1.54, 1.807) is 7.05 Å². The van der Waals surface area contributed by atoms with Gasteiger partial charge in [0.2, 0.25) is 11.8 Å². The molecule has 2 saturated heterocycles. The van der Waals surface area contributed by atoms with Crippen LogP contribution < -0.4 is 10.6 Å². The smallest absolute Gasteiger partial charge is 0.242 e. The van der Waals surface area contributed by atoms with Gasteiger partial charge < -0.3 is 10.6 Å². The fourth-order valence-corrected chi connectivity index (χ4v) is 3.47. The first kappa shape index (κ1) is 14.1. The van der Waals surface area contributed by atoms with E-state index in [4.69, 9.17) is 0 Å². The molecule has 0 bridgehead atoms. The minimum absolute atomic E-state index is 0.0339. The third-order valence-electron chi connectivity index (χ3n) is 4.63. The summed E-state index contributed by atoms with van der Waals surface area (Å²) in [5.41, 5.74) is 0.877. The summed E-state index contributed by atoms with van der Waals surface area (Å²) in [6, 6.07) is 9.91. The molecule has 1 aromatic rings. The van der Waals surface area contributed by atoms with Crippen molar-refractivity contribution < 1.29 is 9.59 Å². The summed E-state index contributed by atoms with van der Waals surface area (Å²) in [7, 11) is 1.61. The zero-order valence-electron chi connectivity index (χ0n) is 12.3. The molecule has 1 spiro atoms. The number of likely N-dealkylation sites (tertiary alicyclic amines) is 1. The van der Waals surface area contributed by atoms with Gasteiger partial charge in [-0.3, -0.25) is 14.5 Å². The molecule has 3 rings (SSSR count). The number of amides is 2. The van der Waals surface area contributed by atoms with Gasteiger partial charge in [-0.1, -0.05) is 30.3 Å². The van der Waals surface area contributed by atoms with Gasteiger partial charge in [-0.25, -0.2) is 0 Å². The van der Waals surface area contributed by atoms with E-state index < -0.39 is 0 Å². The van der Waals surface area contributed by atoms with Crippen LogP contribution in [0.25, 0.3) is 0 Å². The maximum atomic E-state index is 12.3. The number of likely N-dealkylation sites (N-methyl/N-ethyl adjacent to an activating group) is 1. The molecule has 112 valence electrons. The van der Waals surface area contributed by atoms with Gasteiger partial charge in [0.25, 0.3) is 0 Å². The Kier molecular flexibility index (Phi) is 3.68. The van der Waals surface area contributed by atoms with Crippen molar-refractivity contribution in [3.8, 4) is 0 Å². The highest BCUT2D eigenvalue weighted by Crippen LogP contribution is 2.39. The van der Waals surface area contributed by atoms with Crippen LogP contribution in [0, 0.1) is 5.41 Å². The predicted octanol–water partition coefficient (Wildman–Crippen LogP) is 0.513. The summed E-state index contributed by atoms with van der Waals surface area (Å²) >= 11 is 0. The highest BCUT2D eigenvalue weighted by Gasteiger charge is 2.52. The van der Waals surface area contributed by atoms with Crippen LogP contribution in [0.15, 0.2) is 30.3 Å². The van der Waals surface area contributed by atoms with Gasteiger partial charge in [-0.2, -0.15) is 0 Å². The van der Waals surface area contributed by atoms with Crippen molar-refractivity contribution in [1.82, 2.24) is 15.5 Å². The average molecular weight is 287 g/mol. The molecule has 0 saturated carbocycles. The molecule has 2 fully saturated rings. The quantitative estimate of drug-likeness (QED) is 0.852. The van der Waals surface area contributed by atoms with Crippen LogP contribution in [0.4, 0.5) is 0 Å². The third kappa shape index (κ3) is 2.65. The minimum Gasteiger partial charge on any atom is -0.357 e. The Morgan fingerprint density at radius 1 is 1.43 bits per heavy atom. The Balaban J connectivity index is 1.66. The van der Waals surface area contributed by atoms with Crippen molar-refractivity contribution >= 4 is 11.8 Å². The fourth-order valence-electron chi connectivity index (χ4n) is 3.47. The molecule has 0 radical (unpaired) electrons. The van der Waals surface area contributed by atoms with Gasteiger partial charge >= 0.3 is 0 Å². The second kappa shape index (κ2) is 5.48. The summed E-state index contributed by atoms with van der Waals surface area (Å²) in [4.78, 5) is 26.3. The second-order valence-electron chi connectivity index (χ2n) is 6.07. The summed E-state index contributed by atoms with van der Waals surface area (Å²) in [6.07, 6.45) is 1.44. The first-order valence-electron chi connectivity index (χ1n) is 7.42. The average Bonchev–Trinajstić information content (AvgIpc) is 3.05. The Hall–Kier alpha value is -1.88. The first-order chi connectivity index (χ1) is 10.1. The highest BCUT2D eigenvalue weighted by atomic mass is 16.2. The van der Waals surface area contributed by atoms with Crippen molar-refractivity contribution in [3.05, 3.63) is 35.9 Å². The van der Waals surface area contributed by atoms with Gasteiger partial charge in [-0.15, -0.1) is 0 Å². The van der Waals surface area contributed by atoms with Gasteiger partial charge in [0.15, 0.2) is 0 Å². The Labute approximate surface area is 124 Å². The maximum absolute atomic E-state index is 12.3. The van der Waals surface area contributed by atoms with E-state index in [1.165, 1.54) is 5.56 Å². The third-order valence-corrected chi connectivity index (χ3v) is 4.63. The zero-order valence-corrected chi connectivity index (χ0v) is 12.3. The summed E-state index contributed by atoms with van der Waals surface area (Å²) in [6.45, 7) is 2.50. The number of rotatable bonds is 3. The number of benzene rings is 1. The molecular formula is C16H21N3O2. The van der Waals surface area contributed by atoms with E-state index in [0.29, 0.717) is 6.42 Å². The second-order valence-corrected chi connectivity index (χ2v) is 6.07. The molecule has 2 aliphatic heterocycles. The largest absolute Gasteiger partial charge is 0.357 e. The number of carbonyl (C=O) groups excluding carboxylic acids is 2. The van der Waals surface area contributed by atoms with E-state index >= 15 is 0 Å². The molecule has 1 aromatic carbocycles. The van der Waals surface area contributed by atoms with E-state index in [0.717, 1.165) is 26.1 Å². The Bertz CT molecular complexity index is 546. The monoisotopic (exact) mass is 287 g/mol. The molecule has 2 N–H and O–H groups in total. The van der Waals surface area contributed by atoms with E-state index in [2.05, 4.69) is 27.7 Å². The van der Waals surface area contributed by atoms with Crippen molar-refractivity contribution in [1.29, 1.82) is 0 Å². The van der Waals surface area contributed by atoms with Crippen LogP contribution in [0.3, 0.4) is 0 Å². The van der Waals surface area contributed by atoms with Gasteiger partial charge in [0.1, 0.15) is 6.04 Å². The van der Waals surface area contributed by atoms with Crippen molar-refractivity contribution in [2.75, 3.05) is 20.1 Å². The lowest BCUT2D eigenvalue weighted by atomic mass is 9.84. The number of hydrogen-bond acceptors (Lipinski definition) is 3. The predicted molar refractivity (Wildman–Crippen MR) is 79.4 cm³/mol. The van der Waals surface area contributed by atoms with Crippen molar-refractivity contribution in [3.63, 3.8) is 0 Å². The van der Waals surface area contributed by atoms with Crippen LogP contribution in [0.5, 0.6) is 0 Å². The molecule has 0 aromatic heterocycles. The Morgan fingerprint density at radius 3 is 2.90 bits per heavy atom. The molecule has 21 heavy (non-hydrogen) atoms. The highest BCUT2D eigenvalue weighted by molar-refractivity contribution is 5.94. The van der Waals surface area contributed by atoms with Crippen LogP contribution in [-0.2, 0) is 16.1 Å². The molecule has 2 heterocycles. The topological polar surface area (TPSA) is 61.4 Å². The SMILES string of the molecule is CNC(=O)[C@@H]1C[C@@]2(CCN(Cc3ccccc3)C2)C(=O)N1. The van der Waals surface area contributed by atoms with Crippen LogP contribution >= 0.6 is 0 Å². The maximum Gasteiger partial charge on any atom is 0.242 e. The van der Waals surface area contributed by atoms with E-state index in [1.807, 2.05) is 18.2 Å². The van der Waals surface area contributed by atoms with Gasteiger partial charge in [-0.05, 0) is 24.9 Å². The summed E-state index contributed by atoms with van der Waals surface area (Å²) in [5, 5.41) is 5.46. The molecule has 2 aliphatic rings. The Morgan fingerprint density at radius 2 is 2.19 bits per heavy atom. The molecule has 0 unspecified atom stereocenters. The van der Waals surface area contributed by atoms with Crippen LogP contribution in [0.1, 0.15) is 18.4 Å². The molecule has 0 aliphatic carbocycles. The van der Waals surface area contributed by atoms with Crippen molar-refractivity contribution in [2.45, 2.75) is 25.4 Å². The standard InChI is InChI=1S/C16H21N3O2/c1-17-14(20)13-9-16(15(21)18-13)7-8-19(11-16)10-12-5-3-2-4-6-12/h2-6,13H,7-11H2,1H3,(H,17,20)(H,18,21)/t13-,16+/m0/s1. The van der Waals surface area contributed by atoms with E-state index in [-0.39, 0.29) is 23.3 Å².